The van der Waals surface area contributed by atoms with Gasteiger partial charge in [0.25, 0.3) is 0 Å². The molecule has 0 aliphatic heterocycles. The van der Waals surface area contributed by atoms with Gasteiger partial charge in [-0.1, -0.05) is 43.3 Å². The number of carboxylic acids is 1. The fourth-order valence-electron chi connectivity index (χ4n) is 3.16. The second kappa shape index (κ2) is 4.13. The van der Waals surface area contributed by atoms with Crippen molar-refractivity contribution in [2.45, 2.75) is 25.7 Å². The highest BCUT2D eigenvalue weighted by molar-refractivity contribution is 5.87. The van der Waals surface area contributed by atoms with Gasteiger partial charge in [0.05, 0.1) is 5.92 Å². The third-order valence-electron chi connectivity index (χ3n) is 4.19. The molecule has 2 unspecified atom stereocenters. The highest BCUT2D eigenvalue weighted by atomic mass is 16.4. The number of rotatable bonds is 1. The van der Waals surface area contributed by atoms with Crippen LogP contribution < -0.4 is 0 Å². The first-order chi connectivity index (χ1) is 8.68. The van der Waals surface area contributed by atoms with Gasteiger partial charge in [-0.3, -0.25) is 4.79 Å². The van der Waals surface area contributed by atoms with Gasteiger partial charge < -0.3 is 5.11 Å². The van der Waals surface area contributed by atoms with Crippen molar-refractivity contribution in [1.29, 1.82) is 0 Å². The fourth-order valence-corrected chi connectivity index (χ4v) is 3.16. The molecule has 0 aromatic heterocycles. The second-order valence-corrected chi connectivity index (χ2v) is 5.13. The van der Waals surface area contributed by atoms with Crippen molar-refractivity contribution < 1.29 is 9.90 Å². The van der Waals surface area contributed by atoms with E-state index in [9.17, 15) is 9.90 Å². The average molecular weight is 240 g/mol. The third kappa shape index (κ3) is 1.60. The van der Waals surface area contributed by atoms with Gasteiger partial charge in [0.15, 0.2) is 0 Å². The third-order valence-corrected chi connectivity index (χ3v) is 4.19. The summed E-state index contributed by atoms with van der Waals surface area (Å²) in [7, 11) is 0. The summed E-state index contributed by atoms with van der Waals surface area (Å²) in [5.41, 5.74) is 2.56. The molecule has 3 rings (SSSR count). The lowest BCUT2D eigenvalue weighted by molar-refractivity contribution is -0.142. The van der Waals surface area contributed by atoms with Gasteiger partial charge in [-0.2, -0.15) is 0 Å². The molecular weight excluding hydrogens is 224 g/mol. The van der Waals surface area contributed by atoms with Crippen LogP contribution in [0.3, 0.4) is 0 Å². The van der Waals surface area contributed by atoms with E-state index in [1.54, 1.807) is 0 Å². The lowest BCUT2D eigenvalue weighted by atomic mass is 9.75. The van der Waals surface area contributed by atoms with E-state index >= 15 is 0 Å². The number of aryl methyl sites for hydroxylation is 1. The Hall–Kier alpha value is -1.83. The normalized spacial score (nSPS) is 22.7. The number of aliphatic carboxylic acids is 1. The summed E-state index contributed by atoms with van der Waals surface area (Å²) in [4.78, 5) is 11.2. The van der Waals surface area contributed by atoms with Crippen molar-refractivity contribution in [3.05, 3.63) is 47.5 Å². The van der Waals surface area contributed by atoms with Gasteiger partial charge >= 0.3 is 5.97 Å². The summed E-state index contributed by atoms with van der Waals surface area (Å²) >= 11 is 0. The molecule has 1 aliphatic carbocycles. The maximum Gasteiger partial charge on any atom is 0.307 e. The van der Waals surface area contributed by atoms with Crippen molar-refractivity contribution in [3.8, 4) is 0 Å². The van der Waals surface area contributed by atoms with E-state index in [0.717, 1.165) is 12.8 Å². The van der Waals surface area contributed by atoms with E-state index in [4.69, 9.17) is 0 Å². The van der Waals surface area contributed by atoms with Crippen LogP contribution in [-0.2, 0) is 11.2 Å². The molecular formula is C16H16O2. The summed E-state index contributed by atoms with van der Waals surface area (Å²) in [6, 6.07) is 12.6. The molecule has 0 saturated heterocycles. The van der Waals surface area contributed by atoms with Crippen molar-refractivity contribution in [2.24, 2.45) is 5.92 Å². The van der Waals surface area contributed by atoms with Gasteiger partial charge in [0.1, 0.15) is 0 Å². The van der Waals surface area contributed by atoms with Crippen molar-refractivity contribution >= 4 is 16.7 Å². The molecule has 2 heteroatoms. The Morgan fingerprint density at radius 2 is 2.00 bits per heavy atom. The van der Waals surface area contributed by atoms with E-state index < -0.39 is 5.97 Å². The molecule has 2 nitrogen and oxygen atoms in total. The Bertz CT molecular complexity index is 616. The lowest BCUT2D eigenvalue weighted by Crippen LogP contribution is -2.25. The zero-order valence-corrected chi connectivity index (χ0v) is 10.4. The molecule has 2 aromatic carbocycles. The van der Waals surface area contributed by atoms with E-state index in [1.165, 1.54) is 21.9 Å². The van der Waals surface area contributed by atoms with Gasteiger partial charge in [-0.15, -0.1) is 0 Å². The molecule has 0 saturated carbocycles. The zero-order valence-electron chi connectivity index (χ0n) is 10.4. The first kappa shape index (κ1) is 11.3. The van der Waals surface area contributed by atoms with E-state index in [-0.39, 0.29) is 11.8 Å². The van der Waals surface area contributed by atoms with Gasteiger partial charge in [0.2, 0.25) is 0 Å². The average Bonchev–Trinajstić information content (AvgIpc) is 2.38. The molecule has 1 N–H and O–H groups in total. The largest absolute Gasteiger partial charge is 0.481 e. The van der Waals surface area contributed by atoms with Gasteiger partial charge in [-0.05, 0) is 40.7 Å². The predicted octanol–water partition coefficient (Wildman–Crippen LogP) is 3.59. The van der Waals surface area contributed by atoms with Gasteiger partial charge in [0, 0.05) is 0 Å². The fraction of sp³-hybridized carbons (Fsp3) is 0.312. The predicted molar refractivity (Wildman–Crippen MR) is 71.8 cm³/mol. The number of carboxylic acid groups (broad SMARTS) is 1. The first-order valence-corrected chi connectivity index (χ1v) is 6.42. The smallest absolute Gasteiger partial charge is 0.307 e. The first-order valence-electron chi connectivity index (χ1n) is 6.42. The summed E-state index contributed by atoms with van der Waals surface area (Å²) in [5, 5.41) is 11.8. The number of hydrogen-bond acceptors (Lipinski definition) is 1. The molecule has 18 heavy (non-hydrogen) atoms. The minimum absolute atomic E-state index is 0.107. The summed E-state index contributed by atoms with van der Waals surface area (Å²) in [6.07, 6.45) is 1.62. The van der Waals surface area contributed by atoms with Crippen LogP contribution >= 0.6 is 0 Å². The quantitative estimate of drug-likeness (QED) is 0.827. The number of fused-ring (bicyclic) bond motifs is 3. The van der Waals surface area contributed by atoms with Gasteiger partial charge in [-0.25, -0.2) is 0 Å². The molecule has 0 bridgehead atoms. The summed E-state index contributed by atoms with van der Waals surface area (Å²) in [6.45, 7) is 2.03. The van der Waals surface area contributed by atoms with E-state index in [2.05, 4.69) is 30.3 Å². The van der Waals surface area contributed by atoms with Crippen LogP contribution in [0, 0.1) is 5.92 Å². The summed E-state index contributed by atoms with van der Waals surface area (Å²) < 4.78 is 0. The maximum absolute atomic E-state index is 11.2. The lowest BCUT2D eigenvalue weighted by Gasteiger charge is -2.29. The SMILES string of the molecule is CC1c2ccc3ccccc3c2CCC1C(=O)O. The van der Waals surface area contributed by atoms with Crippen LogP contribution in [0.15, 0.2) is 36.4 Å². The minimum Gasteiger partial charge on any atom is -0.481 e. The van der Waals surface area contributed by atoms with Crippen LogP contribution in [0.2, 0.25) is 0 Å². The minimum atomic E-state index is -0.665. The van der Waals surface area contributed by atoms with Crippen LogP contribution in [0.25, 0.3) is 10.8 Å². The molecule has 2 aromatic rings. The number of carbonyl (C=O) groups is 1. The summed E-state index contributed by atoms with van der Waals surface area (Å²) in [5.74, 6) is -0.796. The zero-order chi connectivity index (χ0) is 12.7. The van der Waals surface area contributed by atoms with Crippen molar-refractivity contribution in [3.63, 3.8) is 0 Å². The van der Waals surface area contributed by atoms with Crippen molar-refractivity contribution in [1.82, 2.24) is 0 Å². The topological polar surface area (TPSA) is 37.3 Å². The molecule has 0 heterocycles. The van der Waals surface area contributed by atoms with Crippen LogP contribution in [0.5, 0.6) is 0 Å². The van der Waals surface area contributed by atoms with E-state index in [1.807, 2.05) is 13.0 Å². The Kier molecular flexibility index (Phi) is 2.58. The standard InChI is InChI=1S/C16H16O2/c1-10-12-7-6-11-4-2-3-5-14(11)15(12)9-8-13(10)16(17)18/h2-7,10,13H,8-9H2,1H3,(H,17,18). The Labute approximate surface area is 106 Å². The maximum atomic E-state index is 11.2. The van der Waals surface area contributed by atoms with Crippen LogP contribution in [-0.4, -0.2) is 11.1 Å². The molecule has 1 aliphatic rings. The molecule has 0 fully saturated rings. The van der Waals surface area contributed by atoms with E-state index in [0.29, 0.717) is 0 Å². The highest BCUT2D eigenvalue weighted by Crippen LogP contribution is 2.39. The number of benzene rings is 2. The monoisotopic (exact) mass is 240 g/mol. The van der Waals surface area contributed by atoms with Crippen molar-refractivity contribution in [2.75, 3.05) is 0 Å². The molecule has 0 spiro atoms. The molecule has 92 valence electrons. The molecule has 0 amide bonds. The Balaban J connectivity index is 2.17. The Morgan fingerprint density at radius 1 is 1.22 bits per heavy atom. The van der Waals surface area contributed by atoms with Crippen LogP contribution in [0.1, 0.15) is 30.4 Å². The Morgan fingerprint density at radius 3 is 2.78 bits per heavy atom. The molecule has 2 atom stereocenters. The molecule has 0 radical (unpaired) electrons. The highest BCUT2D eigenvalue weighted by Gasteiger charge is 2.31. The number of hydrogen-bond donors (Lipinski definition) is 1. The van der Waals surface area contributed by atoms with Crippen LogP contribution in [0.4, 0.5) is 0 Å². The second-order valence-electron chi connectivity index (χ2n) is 5.13.